The molecule has 2 N–H and O–H groups in total. The number of nitrogens with one attached hydrogen (secondary N) is 2. The Bertz CT molecular complexity index is 767. The third-order valence-electron chi connectivity index (χ3n) is 3.76. The van der Waals surface area contributed by atoms with E-state index < -0.39 is 0 Å². The number of carbonyl (C=O) groups is 1. The second kappa shape index (κ2) is 8.02. The lowest BCUT2D eigenvalue weighted by molar-refractivity contribution is -0.121. The van der Waals surface area contributed by atoms with Gasteiger partial charge in [0.1, 0.15) is 5.82 Å². The summed E-state index contributed by atoms with van der Waals surface area (Å²) in [6.45, 7) is 1.95. The van der Waals surface area contributed by atoms with E-state index in [0.717, 1.165) is 29.0 Å². The smallest absolute Gasteiger partial charge is 0.220 e. The highest BCUT2D eigenvalue weighted by molar-refractivity contribution is 7.99. The molecule has 0 aliphatic carbocycles. The van der Waals surface area contributed by atoms with Crippen LogP contribution < -0.4 is 5.32 Å². The van der Waals surface area contributed by atoms with Crippen LogP contribution in [-0.2, 0) is 4.79 Å². The molecule has 24 heavy (non-hydrogen) atoms. The van der Waals surface area contributed by atoms with Gasteiger partial charge in [-0.05, 0) is 43.4 Å². The minimum atomic E-state index is -0.119. The number of rotatable bonds is 7. The molecule has 0 spiro atoms. The van der Waals surface area contributed by atoms with E-state index in [9.17, 15) is 4.79 Å². The van der Waals surface area contributed by atoms with Crippen LogP contribution in [0.4, 0.5) is 0 Å². The van der Waals surface area contributed by atoms with Crippen molar-refractivity contribution in [3.8, 4) is 0 Å². The summed E-state index contributed by atoms with van der Waals surface area (Å²) in [7, 11) is 0. The number of benzene rings is 2. The Morgan fingerprint density at radius 2 is 1.92 bits per heavy atom. The number of hydrogen-bond donors (Lipinski definition) is 2. The summed E-state index contributed by atoms with van der Waals surface area (Å²) >= 11 is 1.78. The molecular weight excluding hydrogens is 318 g/mol. The average molecular weight is 339 g/mol. The van der Waals surface area contributed by atoms with Crippen LogP contribution in [-0.4, -0.2) is 21.6 Å². The van der Waals surface area contributed by atoms with Gasteiger partial charge in [0.2, 0.25) is 5.91 Å². The fourth-order valence-corrected chi connectivity index (χ4v) is 3.37. The van der Waals surface area contributed by atoms with Crippen molar-refractivity contribution in [2.45, 2.75) is 30.7 Å². The van der Waals surface area contributed by atoms with Gasteiger partial charge in [0, 0.05) is 11.3 Å². The molecule has 0 saturated carbocycles. The van der Waals surface area contributed by atoms with Gasteiger partial charge >= 0.3 is 0 Å². The summed E-state index contributed by atoms with van der Waals surface area (Å²) in [5, 5.41) is 3.01. The van der Waals surface area contributed by atoms with Crippen molar-refractivity contribution < 1.29 is 4.79 Å². The van der Waals surface area contributed by atoms with Gasteiger partial charge in [0.15, 0.2) is 0 Å². The monoisotopic (exact) mass is 339 g/mol. The number of thioether (sulfide) groups is 1. The molecule has 4 nitrogen and oxygen atoms in total. The van der Waals surface area contributed by atoms with Crippen LogP contribution in [0.1, 0.15) is 31.6 Å². The highest BCUT2D eigenvalue weighted by Gasteiger charge is 2.13. The van der Waals surface area contributed by atoms with Crippen molar-refractivity contribution in [3.05, 3.63) is 60.4 Å². The molecule has 5 heteroatoms. The number of aromatic nitrogens is 2. The third kappa shape index (κ3) is 4.38. The summed E-state index contributed by atoms with van der Waals surface area (Å²) in [6, 6.07) is 18.0. The second-order valence-corrected chi connectivity index (χ2v) is 6.86. The van der Waals surface area contributed by atoms with Gasteiger partial charge < -0.3 is 10.3 Å². The second-order valence-electron chi connectivity index (χ2n) is 5.69. The zero-order chi connectivity index (χ0) is 16.8. The highest BCUT2D eigenvalue weighted by atomic mass is 32.2. The zero-order valence-corrected chi connectivity index (χ0v) is 14.5. The van der Waals surface area contributed by atoms with Crippen LogP contribution in [0.2, 0.25) is 0 Å². The van der Waals surface area contributed by atoms with Crippen LogP contribution in [0.3, 0.4) is 0 Å². The number of fused-ring (bicyclic) bond motifs is 1. The Labute approximate surface area is 146 Å². The van der Waals surface area contributed by atoms with Crippen molar-refractivity contribution in [2.75, 3.05) is 5.75 Å². The average Bonchev–Trinajstić information content (AvgIpc) is 3.04. The Hall–Kier alpha value is -2.27. The topological polar surface area (TPSA) is 57.8 Å². The molecule has 0 radical (unpaired) electrons. The van der Waals surface area contributed by atoms with E-state index >= 15 is 0 Å². The largest absolute Gasteiger partial charge is 0.346 e. The van der Waals surface area contributed by atoms with Crippen molar-refractivity contribution >= 4 is 28.7 Å². The minimum absolute atomic E-state index is 0.0663. The van der Waals surface area contributed by atoms with Crippen molar-refractivity contribution in [1.82, 2.24) is 15.3 Å². The maximum Gasteiger partial charge on any atom is 0.220 e. The molecule has 0 fully saturated rings. The Kier molecular flexibility index (Phi) is 5.54. The Morgan fingerprint density at radius 3 is 2.71 bits per heavy atom. The first-order valence-corrected chi connectivity index (χ1v) is 9.13. The van der Waals surface area contributed by atoms with Gasteiger partial charge in [0.25, 0.3) is 0 Å². The van der Waals surface area contributed by atoms with Gasteiger partial charge in [0.05, 0.1) is 17.1 Å². The molecule has 0 unspecified atom stereocenters. The molecular formula is C19H21N3OS. The first-order chi connectivity index (χ1) is 11.7. The normalized spacial score (nSPS) is 12.2. The number of hydrogen-bond acceptors (Lipinski definition) is 3. The Balaban J connectivity index is 1.44. The van der Waals surface area contributed by atoms with Gasteiger partial charge in [-0.15, -0.1) is 11.8 Å². The highest BCUT2D eigenvalue weighted by Crippen LogP contribution is 2.19. The lowest BCUT2D eigenvalue weighted by atomic mass is 10.2. The zero-order valence-electron chi connectivity index (χ0n) is 13.7. The van der Waals surface area contributed by atoms with Gasteiger partial charge in [-0.2, -0.15) is 0 Å². The molecule has 3 aromatic rings. The summed E-state index contributed by atoms with van der Waals surface area (Å²) in [5.41, 5.74) is 1.92. The van der Waals surface area contributed by atoms with E-state index in [-0.39, 0.29) is 11.9 Å². The minimum Gasteiger partial charge on any atom is -0.346 e. The fraction of sp³-hybridized carbons (Fsp3) is 0.263. The van der Waals surface area contributed by atoms with E-state index in [4.69, 9.17) is 0 Å². The number of carbonyl (C=O) groups excluding carboxylic acids is 1. The lowest BCUT2D eigenvalue weighted by Crippen LogP contribution is -2.27. The van der Waals surface area contributed by atoms with Crippen LogP contribution in [0.5, 0.6) is 0 Å². The lowest BCUT2D eigenvalue weighted by Gasteiger charge is -2.11. The van der Waals surface area contributed by atoms with Crippen LogP contribution in [0.25, 0.3) is 11.0 Å². The molecule has 1 heterocycles. The number of amides is 1. The first-order valence-electron chi connectivity index (χ1n) is 8.14. The van der Waals surface area contributed by atoms with E-state index in [1.165, 1.54) is 4.90 Å². The fourth-order valence-electron chi connectivity index (χ4n) is 2.50. The predicted octanol–water partition coefficient (Wildman–Crippen LogP) is 4.31. The molecule has 1 aromatic heterocycles. The van der Waals surface area contributed by atoms with Crippen LogP contribution >= 0.6 is 11.8 Å². The molecule has 3 rings (SSSR count). The molecule has 0 saturated heterocycles. The number of aromatic amines is 1. The molecule has 2 aromatic carbocycles. The summed E-state index contributed by atoms with van der Waals surface area (Å²) in [4.78, 5) is 21.1. The quantitative estimate of drug-likeness (QED) is 0.498. The first kappa shape index (κ1) is 16.6. The number of imidazole rings is 1. The van der Waals surface area contributed by atoms with E-state index in [1.54, 1.807) is 11.8 Å². The molecule has 0 aliphatic rings. The van der Waals surface area contributed by atoms with Gasteiger partial charge in [-0.3, -0.25) is 4.79 Å². The molecule has 0 aliphatic heterocycles. The van der Waals surface area contributed by atoms with E-state index in [0.29, 0.717) is 6.42 Å². The molecule has 1 atom stereocenters. The van der Waals surface area contributed by atoms with E-state index in [1.807, 2.05) is 49.4 Å². The van der Waals surface area contributed by atoms with Crippen molar-refractivity contribution in [3.63, 3.8) is 0 Å². The molecule has 124 valence electrons. The van der Waals surface area contributed by atoms with Crippen molar-refractivity contribution in [2.24, 2.45) is 0 Å². The van der Waals surface area contributed by atoms with Gasteiger partial charge in [-0.1, -0.05) is 30.3 Å². The third-order valence-corrected chi connectivity index (χ3v) is 4.85. The SMILES string of the molecule is C[C@@H](NC(=O)CCCSc1ccccc1)c1nc2ccccc2[nH]1. The molecule has 1 amide bonds. The van der Waals surface area contributed by atoms with E-state index in [2.05, 4.69) is 27.4 Å². The summed E-state index contributed by atoms with van der Waals surface area (Å²) in [5.74, 6) is 1.80. The maximum absolute atomic E-state index is 12.1. The van der Waals surface area contributed by atoms with Gasteiger partial charge in [-0.25, -0.2) is 4.98 Å². The number of H-pyrrole nitrogens is 1. The Morgan fingerprint density at radius 1 is 1.17 bits per heavy atom. The van der Waals surface area contributed by atoms with Crippen LogP contribution in [0, 0.1) is 0 Å². The number of para-hydroxylation sites is 2. The maximum atomic E-state index is 12.1. The standard InChI is InChI=1S/C19H21N3OS/c1-14(19-21-16-10-5-6-11-17(16)22-19)20-18(23)12-7-13-24-15-8-3-2-4-9-15/h2-6,8-11,14H,7,12-13H2,1H3,(H,20,23)(H,21,22)/t14-/m1/s1. The number of nitrogens with zero attached hydrogens (tertiary/aromatic N) is 1. The molecule has 0 bridgehead atoms. The predicted molar refractivity (Wildman–Crippen MR) is 99.1 cm³/mol. The summed E-state index contributed by atoms with van der Waals surface area (Å²) in [6.07, 6.45) is 1.39. The van der Waals surface area contributed by atoms with Crippen LogP contribution in [0.15, 0.2) is 59.5 Å². The summed E-state index contributed by atoms with van der Waals surface area (Å²) < 4.78 is 0. The van der Waals surface area contributed by atoms with Crippen molar-refractivity contribution in [1.29, 1.82) is 0 Å².